The van der Waals surface area contributed by atoms with E-state index in [1.165, 1.54) is 23.9 Å². The summed E-state index contributed by atoms with van der Waals surface area (Å²) in [6.07, 6.45) is 0. The van der Waals surface area contributed by atoms with E-state index in [0.717, 1.165) is 0 Å². The van der Waals surface area contributed by atoms with Crippen LogP contribution < -0.4 is 0 Å². The Morgan fingerprint density at radius 2 is 1.25 bits per heavy atom. The smallest absolute Gasteiger partial charge is 0.147 e. The fourth-order valence-electron chi connectivity index (χ4n) is 0. The van der Waals surface area contributed by atoms with E-state index in [1.54, 1.807) is 0 Å². The van der Waals surface area contributed by atoms with Gasteiger partial charge >= 0.3 is 55.0 Å². The van der Waals surface area contributed by atoms with Crippen LogP contribution in [0.25, 0.3) is 0 Å². The summed E-state index contributed by atoms with van der Waals surface area (Å²) in [6, 6.07) is 0. The van der Waals surface area contributed by atoms with E-state index in [4.69, 9.17) is 0 Å². The maximum Gasteiger partial charge on any atom is -0.147 e. The van der Waals surface area contributed by atoms with Gasteiger partial charge in [0, 0.05) is 0 Å². The Bertz CT molecular complexity index is 59.5. The van der Waals surface area contributed by atoms with Gasteiger partial charge in [-0.3, -0.25) is 0 Å². The van der Waals surface area contributed by atoms with Crippen LogP contribution in [0.1, 0.15) is 0 Å². The van der Waals surface area contributed by atoms with Gasteiger partial charge < -0.3 is 0 Å². The molecule has 0 fully saturated rings. The second-order valence-corrected chi connectivity index (χ2v) is 10.6. The number of halogens is 2. The van der Waals surface area contributed by atoms with Crippen molar-refractivity contribution in [2.75, 3.05) is 0 Å². The van der Waals surface area contributed by atoms with Crippen LogP contribution in [-0.2, 0) is 23.9 Å². The average Bonchev–Trinajstić information content (AvgIpc) is 1.35. The molecule has 0 saturated carbocycles. The molecule has 0 aliphatic carbocycles. The summed E-state index contributed by atoms with van der Waals surface area (Å²) >= 11 is 1.28. The Labute approximate surface area is 79.3 Å². The SMILES string of the molecule is C[Si](C)(C)[CH]=[Hf].Cl.Cl. The van der Waals surface area contributed by atoms with Gasteiger partial charge in [-0.2, -0.15) is 0 Å². The van der Waals surface area contributed by atoms with E-state index in [-0.39, 0.29) is 24.8 Å². The topological polar surface area (TPSA) is 0 Å². The quantitative estimate of drug-likeness (QED) is 0.643. The maximum absolute atomic E-state index is 2.47. The molecule has 0 bridgehead atoms. The molecule has 0 unspecified atom stereocenters. The summed E-state index contributed by atoms with van der Waals surface area (Å²) in [7, 11) is -0.694. The summed E-state index contributed by atoms with van der Waals surface area (Å²) < 4.78 is 2.47. The monoisotopic (exact) mass is 338 g/mol. The molecule has 0 spiro atoms. The van der Waals surface area contributed by atoms with Crippen LogP contribution in [0, 0.1) is 0 Å². The molecule has 0 aliphatic heterocycles. The summed E-state index contributed by atoms with van der Waals surface area (Å²) in [5.74, 6) is 0. The van der Waals surface area contributed by atoms with Crippen molar-refractivity contribution in [1.82, 2.24) is 0 Å². The number of hydrogen-bond donors (Lipinski definition) is 0. The predicted octanol–water partition coefficient (Wildman–Crippen LogP) is 2.06. The van der Waals surface area contributed by atoms with Crippen molar-refractivity contribution >= 4 is 36.3 Å². The minimum Gasteiger partial charge on any atom is -0.147 e. The summed E-state index contributed by atoms with van der Waals surface area (Å²) in [5.41, 5.74) is 0. The number of hydrogen-bond acceptors (Lipinski definition) is 0. The van der Waals surface area contributed by atoms with Crippen molar-refractivity contribution in [3.05, 3.63) is 0 Å². The second-order valence-electron chi connectivity index (χ2n) is 2.51. The molecule has 0 heterocycles. The molecule has 0 radical (unpaired) electrons. The van der Waals surface area contributed by atoms with Gasteiger partial charge in [-0.05, 0) is 0 Å². The summed E-state index contributed by atoms with van der Waals surface area (Å²) in [4.78, 5) is 0. The van der Waals surface area contributed by atoms with Crippen LogP contribution in [0.5, 0.6) is 0 Å². The Kier molecular flexibility index (Phi) is 13.5. The molecule has 0 rings (SSSR count). The zero-order valence-electron chi connectivity index (χ0n) is 5.39. The zero-order valence-corrected chi connectivity index (χ0v) is 11.6. The van der Waals surface area contributed by atoms with Gasteiger partial charge in [-0.1, -0.05) is 0 Å². The molecule has 4 heteroatoms. The van der Waals surface area contributed by atoms with Gasteiger partial charge in [0.15, 0.2) is 0 Å². The largest absolute Gasteiger partial charge is 0.147 e. The molecular weight excluding hydrogens is 326 g/mol. The standard InChI is InChI=1S/C4H10Si.2ClH.Hf/c1-5(2,3)4;;;/h1H,2-4H3;2*1H;. The van der Waals surface area contributed by atoms with Gasteiger partial charge in [-0.25, -0.2) is 0 Å². The zero-order chi connectivity index (χ0) is 5.21. The summed E-state index contributed by atoms with van der Waals surface area (Å²) in [5, 5.41) is 0. The van der Waals surface area contributed by atoms with Crippen molar-refractivity contribution in [1.29, 1.82) is 0 Å². The summed E-state index contributed by atoms with van der Waals surface area (Å²) in [6.45, 7) is 7.08. The van der Waals surface area contributed by atoms with Crippen molar-refractivity contribution in [3.8, 4) is 0 Å². The fraction of sp³-hybridized carbons (Fsp3) is 0.750. The number of rotatable bonds is 1. The first-order valence-corrected chi connectivity index (χ1v) is 7.73. The Balaban J connectivity index is -0.000000125. The molecule has 0 aromatic carbocycles. The third-order valence-corrected chi connectivity index (χ3v) is 10.6. The molecule has 0 aromatic rings. The van der Waals surface area contributed by atoms with Crippen molar-refractivity contribution in [2.24, 2.45) is 0 Å². The van der Waals surface area contributed by atoms with E-state index >= 15 is 0 Å². The van der Waals surface area contributed by atoms with E-state index < -0.39 is 8.07 Å². The van der Waals surface area contributed by atoms with E-state index in [2.05, 4.69) is 23.0 Å². The molecule has 50 valence electrons. The van der Waals surface area contributed by atoms with Gasteiger partial charge in [-0.15, -0.1) is 24.8 Å². The van der Waals surface area contributed by atoms with Crippen LogP contribution in [0.2, 0.25) is 19.6 Å². The van der Waals surface area contributed by atoms with Crippen LogP contribution >= 0.6 is 24.8 Å². The first kappa shape index (κ1) is 16.3. The van der Waals surface area contributed by atoms with Crippen molar-refractivity contribution < 1.29 is 23.9 Å². The van der Waals surface area contributed by atoms with Gasteiger partial charge in [0.1, 0.15) is 0 Å². The van der Waals surface area contributed by atoms with Crippen molar-refractivity contribution in [2.45, 2.75) is 19.6 Å². The molecular formula is C4H12Cl2HfSi. The van der Waals surface area contributed by atoms with E-state index in [0.29, 0.717) is 0 Å². The van der Waals surface area contributed by atoms with Crippen molar-refractivity contribution in [3.63, 3.8) is 0 Å². The molecule has 0 amide bonds. The van der Waals surface area contributed by atoms with Gasteiger partial charge in [0.25, 0.3) is 0 Å². The molecule has 0 N–H and O–H groups in total. The van der Waals surface area contributed by atoms with Gasteiger partial charge in [0.2, 0.25) is 0 Å². The molecule has 8 heavy (non-hydrogen) atoms. The average molecular weight is 338 g/mol. The fourth-order valence-corrected chi connectivity index (χ4v) is 0. The molecule has 0 nitrogen and oxygen atoms in total. The van der Waals surface area contributed by atoms with E-state index in [9.17, 15) is 0 Å². The minimum absolute atomic E-state index is 0. The third kappa shape index (κ3) is 15.6. The minimum atomic E-state index is -0.694. The molecule has 0 atom stereocenters. The van der Waals surface area contributed by atoms with Crippen LogP contribution in [0.15, 0.2) is 0 Å². The van der Waals surface area contributed by atoms with Crippen LogP contribution in [0.4, 0.5) is 0 Å². The maximum atomic E-state index is 2.47. The second kappa shape index (κ2) is 6.65. The Morgan fingerprint density at radius 3 is 1.25 bits per heavy atom. The predicted molar refractivity (Wildman–Crippen MR) is 43.9 cm³/mol. The van der Waals surface area contributed by atoms with Crippen LogP contribution in [-0.4, -0.2) is 11.5 Å². The first-order valence-electron chi connectivity index (χ1n) is 2.08. The first-order chi connectivity index (χ1) is 2.56. The van der Waals surface area contributed by atoms with Gasteiger partial charge in [0.05, 0.1) is 0 Å². The molecule has 0 aliphatic rings. The third-order valence-electron chi connectivity index (χ3n) is 0.433. The van der Waals surface area contributed by atoms with E-state index in [1.807, 2.05) is 0 Å². The molecule has 0 aromatic heterocycles. The Hall–Kier alpha value is 1.54. The molecule has 0 saturated heterocycles. The Morgan fingerprint density at radius 1 is 1.12 bits per heavy atom. The van der Waals surface area contributed by atoms with Crippen LogP contribution in [0.3, 0.4) is 0 Å². The normalized spacial score (nSPS) is 8.25.